The first-order valence-corrected chi connectivity index (χ1v) is 9.60. The molecule has 1 unspecified atom stereocenters. The molecule has 0 spiro atoms. The summed E-state index contributed by atoms with van der Waals surface area (Å²) < 4.78 is 10.6. The Balaban J connectivity index is 2.24. The third-order valence-electron chi connectivity index (χ3n) is 4.86. The van der Waals surface area contributed by atoms with Crippen molar-refractivity contribution in [3.63, 3.8) is 0 Å². The fourth-order valence-corrected chi connectivity index (χ4v) is 2.65. The van der Waals surface area contributed by atoms with E-state index in [2.05, 4.69) is 11.4 Å². The van der Waals surface area contributed by atoms with Crippen LogP contribution in [0.1, 0.15) is 31.9 Å². The number of esters is 1. The Morgan fingerprint density at radius 1 is 1.13 bits per heavy atom. The number of ether oxygens (including phenoxy) is 2. The predicted molar refractivity (Wildman–Crippen MR) is 115 cm³/mol. The van der Waals surface area contributed by atoms with Gasteiger partial charge in [0.05, 0.1) is 18.8 Å². The number of para-hydroxylation sites is 1. The summed E-state index contributed by atoms with van der Waals surface area (Å²) in [6.45, 7) is 4.81. The highest BCUT2D eigenvalue weighted by molar-refractivity contribution is 6.22. The molecule has 0 aliphatic carbocycles. The smallest absolute Gasteiger partial charge is 0.339 e. The van der Waals surface area contributed by atoms with Crippen LogP contribution in [-0.2, 0) is 14.3 Å². The topological polar surface area (TPSA) is 88.4 Å². The number of hydrogen-bond donors (Lipinski definition) is 1. The number of nitrogens with one attached hydrogen (secondary N) is 1. The number of amides is 1. The van der Waals surface area contributed by atoms with E-state index in [0.717, 1.165) is 0 Å². The van der Waals surface area contributed by atoms with Crippen molar-refractivity contribution in [2.45, 2.75) is 26.3 Å². The van der Waals surface area contributed by atoms with Gasteiger partial charge in [-0.25, -0.2) is 4.79 Å². The summed E-state index contributed by atoms with van der Waals surface area (Å²) in [5, 5.41) is 12.0. The molecular formula is C24H26N2O4. The van der Waals surface area contributed by atoms with Gasteiger partial charge in [-0.05, 0) is 30.5 Å². The normalized spacial score (nSPS) is 13.1. The van der Waals surface area contributed by atoms with Crippen LogP contribution in [0.15, 0.2) is 54.6 Å². The lowest BCUT2D eigenvalue weighted by atomic mass is 9.90. The lowest BCUT2D eigenvalue weighted by Gasteiger charge is -2.27. The molecule has 0 saturated heterocycles. The molecule has 1 N–H and O–H groups in total. The average Bonchev–Trinajstić information content (AvgIpc) is 2.76. The monoisotopic (exact) mass is 406 g/mol. The Kier molecular flexibility index (Phi) is 7.76. The standard InChI is InChI=1S/C24H26N2O4/c1-17(2)24(3,16-25)26-22(27)15-30-23(28)20(18-10-6-5-7-11-18)14-19-12-8-9-13-21(19)29-4/h5-14,17H,15H2,1-4H3,(H,26,27). The van der Waals surface area contributed by atoms with Gasteiger partial charge < -0.3 is 14.8 Å². The van der Waals surface area contributed by atoms with Crippen LogP contribution in [0.4, 0.5) is 0 Å². The zero-order chi connectivity index (χ0) is 22.1. The van der Waals surface area contributed by atoms with Crippen molar-refractivity contribution in [3.05, 3.63) is 65.7 Å². The summed E-state index contributed by atoms with van der Waals surface area (Å²) >= 11 is 0. The van der Waals surface area contributed by atoms with Crippen molar-refractivity contribution in [3.8, 4) is 11.8 Å². The van der Waals surface area contributed by atoms with Gasteiger partial charge in [-0.2, -0.15) is 5.26 Å². The third-order valence-corrected chi connectivity index (χ3v) is 4.86. The molecule has 0 saturated carbocycles. The fraction of sp³-hybridized carbons (Fsp3) is 0.292. The lowest BCUT2D eigenvalue weighted by Crippen LogP contribution is -2.50. The molecule has 6 nitrogen and oxygen atoms in total. The summed E-state index contributed by atoms with van der Waals surface area (Å²) in [5.41, 5.74) is 0.605. The number of nitriles is 1. The van der Waals surface area contributed by atoms with Crippen LogP contribution in [0.25, 0.3) is 11.6 Å². The van der Waals surface area contributed by atoms with Crippen molar-refractivity contribution in [2.24, 2.45) is 5.92 Å². The molecular weight excluding hydrogens is 380 g/mol. The van der Waals surface area contributed by atoms with Gasteiger partial charge in [0, 0.05) is 5.56 Å². The maximum absolute atomic E-state index is 12.8. The molecule has 0 aliphatic rings. The lowest BCUT2D eigenvalue weighted by molar-refractivity contribution is -0.143. The molecule has 2 aromatic carbocycles. The van der Waals surface area contributed by atoms with Crippen molar-refractivity contribution in [1.29, 1.82) is 5.26 Å². The van der Waals surface area contributed by atoms with Gasteiger partial charge in [-0.15, -0.1) is 0 Å². The highest BCUT2D eigenvalue weighted by atomic mass is 16.5. The van der Waals surface area contributed by atoms with E-state index in [-0.39, 0.29) is 5.92 Å². The number of carbonyl (C=O) groups excluding carboxylic acids is 2. The average molecular weight is 406 g/mol. The first-order chi connectivity index (χ1) is 14.3. The predicted octanol–water partition coefficient (Wildman–Crippen LogP) is 3.83. The van der Waals surface area contributed by atoms with E-state index >= 15 is 0 Å². The Hall–Kier alpha value is -3.59. The van der Waals surface area contributed by atoms with Crippen LogP contribution in [0.5, 0.6) is 5.75 Å². The SMILES string of the molecule is COc1ccccc1C=C(C(=O)OCC(=O)NC(C)(C#N)C(C)C)c1ccccc1. The van der Waals surface area contributed by atoms with E-state index in [9.17, 15) is 14.9 Å². The number of carbonyl (C=O) groups is 2. The second kappa shape index (κ2) is 10.3. The molecule has 0 radical (unpaired) electrons. The van der Waals surface area contributed by atoms with Gasteiger partial charge in [-0.1, -0.05) is 62.4 Å². The van der Waals surface area contributed by atoms with Crippen molar-refractivity contribution >= 4 is 23.5 Å². The van der Waals surface area contributed by atoms with Crippen LogP contribution < -0.4 is 10.1 Å². The molecule has 6 heteroatoms. The molecule has 2 aromatic rings. The summed E-state index contributed by atoms with van der Waals surface area (Å²) in [7, 11) is 1.55. The second-order valence-electron chi connectivity index (χ2n) is 7.26. The molecule has 0 heterocycles. The quantitative estimate of drug-likeness (QED) is 0.409. The summed E-state index contributed by atoms with van der Waals surface area (Å²) in [6.07, 6.45) is 1.67. The minimum Gasteiger partial charge on any atom is -0.496 e. The van der Waals surface area contributed by atoms with E-state index in [0.29, 0.717) is 22.4 Å². The number of rotatable bonds is 8. The molecule has 1 atom stereocenters. The van der Waals surface area contributed by atoms with Gasteiger partial charge in [0.1, 0.15) is 11.3 Å². The van der Waals surface area contributed by atoms with Crippen LogP contribution in [0.3, 0.4) is 0 Å². The molecule has 2 rings (SSSR count). The highest BCUT2D eigenvalue weighted by Crippen LogP contribution is 2.25. The van der Waals surface area contributed by atoms with Crippen LogP contribution >= 0.6 is 0 Å². The van der Waals surface area contributed by atoms with E-state index in [1.165, 1.54) is 0 Å². The first-order valence-electron chi connectivity index (χ1n) is 9.60. The molecule has 0 aromatic heterocycles. The van der Waals surface area contributed by atoms with Gasteiger partial charge in [0.15, 0.2) is 6.61 Å². The summed E-state index contributed by atoms with van der Waals surface area (Å²) in [4.78, 5) is 25.1. The molecule has 156 valence electrons. The van der Waals surface area contributed by atoms with Gasteiger partial charge in [0.2, 0.25) is 0 Å². The maximum atomic E-state index is 12.8. The molecule has 1 amide bonds. The van der Waals surface area contributed by atoms with Crippen molar-refractivity contribution in [2.75, 3.05) is 13.7 Å². The fourth-order valence-electron chi connectivity index (χ4n) is 2.65. The van der Waals surface area contributed by atoms with E-state index in [1.54, 1.807) is 38.3 Å². The first kappa shape index (κ1) is 22.7. The molecule has 0 bridgehead atoms. The van der Waals surface area contributed by atoms with Gasteiger partial charge in [-0.3, -0.25) is 4.79 Å². The van der Waals surface area contributed by atoms with Crippen molar-refractivity contribution < 1.29 is 19.1 Å². The Bertz CT molecular complexity index is 961. The number of benzene rings is 2. The molecule has 30 heavy (non-hydrogen) atoms. The third kappa shape index (κ3) is 5.71. The highest BCUT2D eigenvalue weighted by Gasteiger charge is 2.30. The van der Waals surface area contributed by atoms with Crippen molar-refractivity contribution in [1.82, 2.24) is 5.32 Å². The van der Waals surface area contributed by atoms with Crippen LogP contribution in [0.2, 0.25) is 0 Å². The Morgan fingerprint density at radius 3 is 2.37 bits per heavy atom. The van der Waals surface area contributed by atoms with Crippen LogP contribution in [-0.4, -0.2) is 31.1 Å². The van der Waals surface area contributed by atoms with E-state index in [4.69, 9.17) is 9.47 Å². The van der Waals surface area contributed by atoms with Gasteiger partial charge in [0.25, 0.3) is 5.91 Å². The van der Waals surface area contributed by atoms with E-state index in [1.807, 2.05) is 50.2 Å². The summed E-state index contributed by atoms with van der Waals surface area (Å²) in [6, 6.07) is 18.4. The number of nitrogens with zero attached hydrogens (tertiary/aromatic N) is 1. The zero-order valence-electron chi connectivity index (χ0n) is 17.6. The summed E-state index contributed by atoms with van der Waals surface area (Å²) in [5.74, 6) is -0.679. The molecule has 0 fully saturated rings. The van der Waals surface area contributed by atoms with E-state index < -0.39 is 24.0 Å². The largest absolute Gasteiger partial charge is 0.496 e. The Morgan fingerprint density at radius 2 is 1.77 bits per heavy atom. The number of methoxy groups -OCH3 is 1. The van der Waals surface area contributed by atoms with Gasteiger partial charge >= 0.3 is 5.97 Å². The maximum Gasteiger partial charge on any atom is 0.339 e. The zero-order valence-corrected chi connectivity index (χ0v) is 17.6. The minimum absolute atomic E-state index is 0.104. The van der Waals surface area contributed by atoms with Crippen LogP contribution in [0, 0.1) is 17.2 Å². The second-order valence-corrected chi connectivity index (χ2v) is 7.26. The number of hydrogen-bond acceptors (Lipinski definition) is 5. The molecule has 0 aliphatic heterocycles. The minimum atomic E-state index is -1.04. The Labute approximate surface area is 177 Å².